The molecule has 0 spiro atoms. The lowest BCUT2D eigenvalue weighted by atomic mass is 9.90. The van der Waals surface area contributed by atoms with E-state index in [-0.39, 0.29) is 0 Å². The van der Waals surface area contributed by atoms with Gasteiger partial charge in [-0.15, -0.1) is 12.3 Å². The highest BCUT2D eigenvalue weighted by Crippen LogP contribution is 2.21. The van der Waals surface area contributed by atoms with Gasteiger partial charge in [-0.25, -0.2) is 0 Å². The molecule has 1 heterocycles. The molecule has 1 N–H and O–H groups in total. The van der Waals surface area contributed by atoms with Crippen LogP contribution in [0.1, 0.15) is 45.4 Å². The van der Waals surface area contributed by atoms with Gasteiger partial charge in [0.05, 0.1) is 6.61 Å². The largest absolute Gasteiger partial charge is 0.381 e. The lowest BCUT2D eigenvalue weighted by molar-refractivity contribution is 0.0377. The van der Waals surface area contributed by atoms with E-state index in [1.54, 1.807) is 0 Å². The van der Waals surface area contributed by atoms with Crippen molar-refractivity contribution in [3.05, 3.63) is 0 Å². The molecule has 0 saturated carbocycles. The maximum absolute atomic E-state index is 5.57. The SMILES string of the molecule is C#CCCCC(NCCC)C1CCCOC1. The smallest absolute Gasteiger partial charge is 0.0509 e. The summed E-state index contributed by atoms with van der Waals surface area (Å²) in [4.78, 5) is 0. The average molecular weight is 223 g/mol. The first kappa shape index (κ1) is 13.5. The van der Waals surface area contributed by atoms with Crippen LogP contribution in [0.5, 0.6) is 0 Å². The average Bonchev–Trinajstić information content (AvgIpc) is 2.35. The highest BCUT2D eigenvalue weighted by molar-refractivity contribution is 4.85. The normalized spacial score (nSPS) is 22.6. The van der Waals surface area contributed by atoms with Gasteiger partial charge in [0.1, 0.15) is 0 Å². The van der Waals surface area contributed by atoms with Gasteiger partial charge in [-0.1, -0.05) is 6.92 Å². The topological polar surface area (TPSA) is 21.3 Å². The molecule has 0 aromatic heterocycles. The number of ether oxygens (including phenoxy) is 1. The Morgan fingerprint density at radius 2 is 2.44 bits per heavy atom. The second-order valence-electron chi connectivity index (χ2n) is 4.63. The van der Waals surface area contributed by atoms with E-state index < -0.39 is 0 Å². The highest BCUT2D eigenvalue weighted by atomic mass is 16.5. The molecule has 1 saturated heterocycles. The fraction of sp³-hybridized carbons (Fsp3) is 0.857. The first-order chi connectivity index (χ1) is 7.88. The van der Waals surface area contributed by atoms with Crippen LogP contribution in [-0.2, 0) is 4.74 Å². The summed E-state index contributed by atoms with van der Waals surface area (Å²) in [6, 6.07) is 0.605. The van der Waals surface area contributed by atoms with Crippen molar-refractivity contribution in [2.24, 2.45) is 5.92 Å². The minimum absolute atomic E-state index is 0.605. The van der Waals surface area contributed by atoms with Crippen LogP contribution in [0.4, 0.5) is 0 Å². The van der Waals surface area contributed by atoms with Crippen LogP contribution >= 0.6 is 0 Å². The molecule has 0 aromatic carbocycles. The van der Waals surface area contributed by atoms with E-state index in [0.717, 1.165) is 32.6 Å². The molecule has 0 radical (unpaired) electrons. The molecule has 0 bridgehead atoms. The molecule has 0 aliphatic carbocycles. The molecule has 92 valence electrons. The van der Waals surface area contributed by atoms with Gasteiger partial charge >= 0.3 is 0 Å². The molecule has 2 unspecified atom stereocenters. The van der Waals surface area contributed by atoms with Crippen molar-refractivity contribution < 1.29 is 4.74 Å². The Kier molecular flexibility index (Phi) is 7.29. The van der Waals surface area contributed by atoms with E-state index in [4.69, 9.17) is 11.2 Å². The predicted molar refractivity (Wildman–Crippen MR) is 68.3 cm³/mol. The van der Waals surface area contributed by atoms with E-state index in [0.29, 0.717) is 12.0 Å². The Hall–Kier alpha value is -0.520. The Bertz CT molecular complexity index is 203. The van der Waals surface area contributed by atoms with Gasteiger partial charge in [-0.2, -0.15) is 0 Å². The number of unbranched alkanes of at least 4 members (excludes halogenated alkanes) is 1. The van der Waals surface area contributed by atoms with Gasteiger partial charge in [0.2, 0.25) is 0 Å². The molecule has 0 amide bonds. The van der Waals surface area contributed by atoms with E-state index in [1.807, 2.05) is 0 Å². The molecule has 1 rings (SSSR count). The van der Waals surface area contributed by atoms with Gasteiger partial charge in [0.25, 0.3) is 0 Å². The van der Waals surface area contributed by atoms with Gasteiger partial charge in [-0.05, 0) is 44.6 Å². The van der Waals surface area contributed by atoms with Crippen molar-refractivity contribution in [1.29, 1.82) is 0 Å². The van der Waals surface area contributed by atoms with Crippen molar-refractivity contribution in [2.45, 2.75) is 51.5 Å². The summed E-state index contributed by atoms with van der Waals surface area (Å²) in [5.74, 6) is 3.42. The summed E-state index contributed by atoms with van der Waals surface area (Å²) in [6.45, 7) is 5.19. The zero-order valence-corrected chi connectivity index (χ0v) is 10.5. The fourth-order valence-electron chi connectivity index (χ4n) is 2.34. The molecule has 0 aromatic rings. The van der Waals surface area contributed by atoms with E-state index in [1.165, 1.54) is 25.7 Å². The van der Waals surface area contributed by atoms with Gasteiger partial charge < -0.3 is 10.1 Å². The number of hydrogen-bond donors (Lipinski definition) is 1. The monoisotopic (exact) mass is 223 g/mol. The number of hydrogen-bond acceptors (Lipinski definition) is 2. The minimum atomic E-state index is 0.605. The van der Waals surface area contributed by atoms with E-state index >= 15 is 0 Å². The number of nitrogens with one attached hydrogen (secondary N) is 1. The summed E-state index contributed by atoms with van der Waals surface area (Å²) in [5, 5.41) is 3.65. The van der Waals surface area contributed by atoms with Crippen molar-refractivity contribution in [3.8, 4) is 12.3 Å². The number of rotatable bonds is 7. The van der Waals surface area contributed by atoms with Crippen LogP contribution in [0, 0.1) is 18.3 Å². The lowest BCUT2D eigenvalue weighted by Gasteiger charge is -2.31. The quantitative estimate of drug-likeness (QED) is 0.529. The molecule has 2 nitrogen and oxygen atoms in total. The Morgan fingerprint density at radius 1 is 1.56 bits per heavy atom. The zero-order valence-electron chi connectivity index (χ0n) is 10.5. The van der Waals surface area contributed by atoms with Crippen LogP contribution in [0.25, 0.3) is 0 Å². The van der Waals surface area contributed by atoms with Crippen LogP contribution in [0.3, 0.4) is 0 Å². The molecule has 1 aliphatic heterocycles. The summed E-state index contributed by atoms with van der Waals surface area (Å²) in [7, 11) is 0. The summed E-state index contributed by atoms with van der Waals surface area (Å²) >= 11 is 0. The van der Waals surface area contributed by atoms with Gasteiger partial charge in [-0.3, -0.25) is 0 Å². The molecule has 2 heteroatoms. The van der Waals surface area contributed by atoms with E-state index in [2.05, 4.69) is 18.2 Å². The third kappa shape index (κ3) is 5.01. The highest BCUT2D eigenvalue weighted by Gasteiger charge is 2.22. The molecule has 1 aliphatic rings. The first-order valence-electron chi connectivity index (χ1n) is 6.63. The fourth-order valence-corrected chi connectivity index (χ4v) is 2.34. The molecule has 2 atom stereocenters. The van der Waals surface area contributed by atoms with Crippen LogP contribution in [0.15, 0.2) is 0 Å². The summed E-state index contributed by atoms with van der Waals surface area (Å²) in [5.41, 5.74) is 0. The molecular formula is C14H25NO. The second-order valence-corrected chi connectivity index (χ2v) is 4.63. The standard InChI is InChI=1S/C14H25NO/c1-3-5-6-9-14(15-10-4-2)13-8-7-11-16-12-13/h1,13-15H,4-12H2,2H3. The zero-order chi connectivity index (χ0) is 11.6. The lowest BCUT2D eigenvalue weighted by Crippen LogP contribution is -2.40. The predicted octanol–water partition coefficient (Wildman–Crippen LogP) is 2.58. The van der Waals surface area contributed by atoms with Gasteiger partial charge in [0, 0.05) is 19.1 Å². The number of terminal acetylenes is 1. The maximum Gasteiger partial charge on any atom is 0.0509 e. The van der Waals surface area contributed by atoms with Crippen molar-refractivity contribution in [3.63, 3.8) is 0 Å². The molecule has 1 fully saturated rings. The van der Waals surface area contributed by atoms with Crippen molar-refractivity contribution in [2.75, 3.05) is 19.8 Å². The Labute approximate surface area is 100 Å². The van der Waals surface area contributed by atoms with Gasteiger partial charge in [0.15, 0.2) is 0 Å². The van der Waals surface area contributed by atoms with Crippen molar-refractivity contribution >= 4 is 0 Å². The van der Waals surface area contributed by atoms with E-state index in [9.17, 15) is 0 Å². The summed E-state index contributed by atoms with van der Waals surface area (Å²) in [6.07, 6.45) is 12.2. The third-order valence-corrected chi connectivity index (χ3v) is 3.26. The Balaban J connectivity index is 2.32. The molecular weight excluding hydrogens is 198 g/mol. The van der Waals surface area contributed by atoms with Crippen LogP contribution in [-0.4, -0.2) is 25.8 Å². The van der Waals surface area contributed by atoms with Crippen LogP contribution < -0.4 is 5.32 Å². The van der Waals surface area contributed by atoms with Crippen molar-refractivity contribution in [1.82, 2.24) is 5.32 Å². The summed E-state index contributed by atoms with van der Waals surface area (Å²) < 4.78 is 5.57. The van der Waals surface area contributed by atoms with Crippen LogP contribution in [0.2, 0.25) is 0 Å². The third-order valence-electron chi connectivity index (χ3n) is 3.26. The molecule has 16 heavy (non-hydrogen) atoms. The maximum atomic E-state index is 5.57. The second kappa shape index (κ2) is 8.61. The first-order valence-corrected chi connectivity index (χ1v) is 6.63. The Morgan fingerprint density at radius 3 is 3.06 bits per heavy atom. The minimum Gasteiger partial charge on any atom is -0.381 e.